The first-order valence-electron chi connectivity index (χ1n) is 21.2. The minimum atomic E-state index is 0.946. The van der Waals surface area contributed by atoms with Crippen molar-refractivity contribution in [3.8, 4) is 67.0 Å². The fourth-order valence-electron chi connectivity index (χ4n) is 9.28. The Hall–Kier alpha value is -7.21. The third-order valence-electron chi connectivity index (χ3n) is 12.5. The van der Waals surface area contributed by atoms with Crippen LogP contribution >= 0.6 is 34.0 Å². The zero-order valence-corrected chi connectivity index (χ0v) is 36.3. The molecule has 0 aliphatic heterocycles. The summed E-state index contributed by atoms with van der Waals surface area (Å²) < 4.78 is 7.90. The largest absolute Gasteiger partial charge is 0.248 e. The van der Waals surface area contributed by atoms with Gasteiger partial charge in [-0.3, -0.25) is 0 Å². The lowest BCUT2D eigenvalue weighted by molar-refractivity contribution is 1.32. The van der Waals surface area contributed by atoms with Crippen LogP contribution in [0.1, 0.15) is 0 Å². The second-order valence-corrected chi connectivity index (χ2v) is 19.5. The summed E-state index contributed by atoms with van der Waals surface area (Å²) in [7, 11) is 0. The summed E-state index contributed by atoms with van der Waals surface area (Å²) in [5.74, 6) is 0. The molecular formula is C59H35NS3. The van der Waals surface area contributed by atoms with E-state index < -0.39 is 0 Å². The van der Waals surface area contributed by atoms with Crippen LogP contribution in [-0.4, -0.2) is 4.98 Å². The predicted octanol–water partition coefficient (Wildman–Crippen LogP) is 18.2. The summed E-state index contributed by atoms with van der Waals surface area (Å²) in [6.07, 6.45) is 0. The maximum absolute atomic E-state index is 5.35. The lowest BCUT2D eigenvalue weighted by Crippen LogP contribution is -1.92. The number of benzene rings is 9. The van der Waals surface area contributed by atoms with Gasteiger partial charge >= 0.3 is 0 Å². The Kier molecular flexibility index (Phi) is 8.51. The number of fused-ring (bicyclic) bond motifs is 9. The molecule has 4 heterocycles. The third-order valence-corrected chi connectivity index (χ3v) is 15.9. The van der Waals surface area contributed by atoms with Crippen molar-refractivity contribution < 1.29 is 0 Å². The van der Waals surface area contributed by atoms with Crippen molar-refractivity contribution in [3.05, 3.63) is 212 Å². The van der Waals surface area contributed by atoms with Gasteiger partial charge < -0.3 is 0 Å². The normalized spacial score (nSPS) is 11.8. The maximum atomic E-state index is 5.35. The second kappa shape index (κ2) is 14.7. The van der Waals surface area contributed by atoms with E-state index >= 15 is 0 Å². The topological polar surface area (TPSA) is 12.9 Å². The van der Waals surface area contributed by atoms with Crippen LogP contribution in [0.5, 0.6) is 0 Å². The minimum absolute atomic E-state index is 0.946. The number of pyridine rings is 1. The minimum Gasteiger partial charge on any atom is -0.248 e. The highest BCUT2D eigenvalue weighted by Crippen LogP contribution is 2.42. The van der Waals surface area contributed by atoms with Crippen molar-refractivity contribution in [3.63, 3.8) is 0 Å². The Balaban J connectivity index is 0.974. The van der Waals surface area contributed by atoms with E-state index in [1.807, 2.05) is 34.0 Å². The molecule has 9 aromatic carbocycles. The number of aromatic nitrogens is 1. The molecule has 0 aliphatic rings. The van der Waals surface area contributed by atoms with E-state index in [1.54, 1.807) is 0 Å². The first-order chi connectivity index (χ1) is 31.1. The molecule has 0 N–H and O–H groups in total. The van der Waals surface area contributed by atoms with Gasteiger partial charge in [-0.2, -0.15) is 0 Å². The van der Waals surface area contributed by atoms with E-state index in [2.05, 4.69) is 212 Å². The van der Waals surface area contributed by atoms with Gasteiger partial charge in [0.25, 0.3) is 0 Å². The van der Waals surface area contributed by atoms with E-state index in [9.17, 15) is 0 Å². The molecule has 294 valence electrons. The number of thiophene rings is 3. The molecule has 0 amide bonds. The molecule has 4 aromatic heterocycles. The van der Waals surface area contributed by atoms with E-state index in [0.29, 0.717) is 0 Å². The zero-order chi connectivity index (χ0) is 41.4. The quantitative estimate of drug-likeness (QED) is 0.162. The molecule has 0 atom stereocenters. The Morgan fingerprint density at radius 1 is 0.206 bits per heavy atom. The van der Waals surface area contributed by atoms with Gasteiger partial charge in [-0.1, -0.05) is 127 Å². The highest BCUT2D eigenvalue weighted by molar-refractivity contribution is 7.26. The molecule has 63 heavy (non-hydrogen) atoms. The van der Waals surface area contributed by atoms with Crippen molar-refractivity contribution >= 4 is 94.5 Å². The summed E-state index contributed by atoms with van der Waals surface area (Å²) in [5.41, 5.74) is 13.6. The van der Waals surface area contributed by atoms with E-state index in [0.717, 1.165) is 33.6 Å². The zero-order valence-electron chi connectivity index (χ0n) is 33.9. The van der Waals surface area contributed by atoms with Crippen molar-refractivity contribution in [2.45, 2.75) is 0 Å². The lowest BCUT2D eigenvalue weighted by atomic mass is 9.91. The number of hydrogen-bond donors (Lipinski definition) is 0. The SMILES string of the molecule is c1ccc(-c2cc(-c3cc(-c4ccc5sc6ccccc6c5c4)cc(-c4ccc5sc6ccccc6c5c4)c3)cc(-c3ccc(-c4ccc5sc6ccccc6c5c4)cc3)n2)cc1. The Morgan fingerprint density at radius 2 is 0.524 bits per heavy atom. The van der Waals surface area contributed by atoms with Gasteiger partial charge in [-0.05, 0) is 129 Å². The van der Waals surface area contributed by atoms with Crippen LogP contribution in [0.15, 0.2) is 212 Å². The van der Waals surface area contributed by atoms with Crippen molar-refractivity contribution in [2.75, 3.05) is 0 Å². The average Bonchev–Trinajstić information content (AvgIpc) is 4.04. The van der Waals surface area contributed by atoms with Crippen molar-refractivity contribution in [2.24, 2.45) is 0 Å². The number of nitrogens with zero attached hydrogens (tertiary/aromatic N) is 1. The van der Waals surface area contributed by atoms with Crippen LogP contribution in [-0.2, 0) is 0 Å². The highest BCUT2D eigenvalue weighted by atomic mass is 32.1. The van der Waals surface area contributed by atoms with Crippen LogP contribution in [0.2, 0.25) is 0 Å². The summed E-state index contributed by atoms with van der Waals surface area (Å²) in [6, 6.07) is 78.3. The summed E-state index contributed by atoms with van der Waals surface area (Å²) in [5, 5.41) is 7.85. The molecule has 0 spiro atoms. The number of rotatable bonds is 6. The Bertz CT molecular complexity index is 3770. The standard InChI is InChI=1S/C59H35NS3/c1-2-10-37(11-3-1)52-34-45(35-53(60-52)38-20-18-36(19-21-38)39-22-25-57-49(31-39)46-12-4-7-15-54(46)61-57)44-29-42(40-23-26-58-50(32-40)47-13-5-8-16-55(47)62-58)28-43(30-44)41-24-27-59-51(33-41)48-14-6-9-17-56(48)63-59/h1-35H. The van der Waals surface area contributed by atoms with E-state index in [4.69, 9.17) is 4.98 Å². The molecule has 0 fully saturated rings. The molecule has 0 bridgehead atoms. The summed E-state index contributed by atoms with van der Waals surface area (Å²) >= 11 is 5.58. The molecule has 0 unspecified atom stereocenters. The van der Waals surface area contributed by atoms with Crippen molar-refractivity contribution in [1.82, 2.24) is 4.98 Å². The van der Waals surface area contributed by atoms with Crippen molar-refractivity contribution in [1.29, 1.82) is 0 Å². The fraction of sp³-hybridized carbons (Fsp3) is 0. The average molecular weight is 854 g/mol. The Morgan fingerprint density at radius 3 is 0.984 bits per heavy atom. The fourth-order valence-corrected chi connectivity index (χ4v) is 12.5. The van der Waals surface area contributed by atoms with Crippen LogP contribution in [0.25, 0.3) is 128 Å². The summed E-state index contributed by atoms with van der Waals surface area (Å²) in [4.78, 5) is 5.35. The molecule has 1 nitrogen and oxygen atoms in total. The molecule has 0 radical (unpaired) electrons. The molecule has 13 aromatic rings. The Labute approximate surface area is 376 Å². The molecule has 0 aliphatic carbocycles. The molecule has 4 heteroatoms. The molecular weight excluding hydrogens is 819 g/mol. The van der Waals surface area contributed by atoms with Gasteiger partial charge in [0.15, 0.2) is 0 Å². The molecule has 0 saturated heterocycles. The molecule has 0 saturated carbocycles. The van der Waals surface area contributed by atoms with Gasteiger partial charge in [0.05, 0.1) is 11.4 Å². The number of hydrogen-bond acceptors (Lipinski definition) is 4. The smallest absolute Gasteiger partial charge is 0.0715 e. The van der Waals surface area contributed by atoms with E-state index in [1.165, 1.54) is 93.9 Å². The van der Waals surface area contributed by atoms with Gasteiger partial charge in [0.1, 0.15) is 0 Å². The van der Waals surface area contributed by atoms with Gasteiger partial charge in [0, 0.05) is 71.6 Å². The van der Waals surface area contributed by atoms with E-state index in [-0.39, 0.29) is 0 Å². The molecule has 13 rings (SSSR count). The highest BCUT2D eigenvalue weighted by Gasteiger charge is 2.16. The second-order valence-electron chi connectivity index (χ2n) is 16.3. The summed E-state index contributed by atoms with van der Waals surface area (Å²) in [6.45, 7) is 0. The first-order valence-corrected chi connectivity index (χ1v) is 23.7. The van der Waals surface area contributed by atoms with Crippen LogP contribution in [0.4, 0.5) is 0 Å². The van der Waals surface area contributed by atoms with Gasteiger partial charge in [-0.15, -0.1) is 34.0 Å². The monoisotopic (exact) mass is 853 g/mol. The third kappa shape index (κ3) is 6.37. The maximum Gasteiger partial charge on any atom is 0.0715 e. The predicted molar refractivity (Wildman–Crippen MR) is 276 cm³/mol. The van der Waals surface area contributed by atoms with Crippen LogP contribution in [0, 0.1) is 0 Å². The van der Waals surface area contributed by atoms with Crippen LogP contribution in [0.3, 0.4) is 0 Å². The van der Waals surface area contributed by atoms with Gasteiger partial charge in [0.2, 0.25) is 0 Å². The first kappa shape index (κ1) is 36.4. The van der Waals surface area contributed by atoms with Crippen LogP contribution < -0.4 is 0 Å². The lowest BCUT2D eigenvalue weighted by Gasteiger charge is -2.14. The van der Waals surface area contributed by atoms with Gasteiger partial charge in [-0.25, -0.2) is 4.98 Å².